The number of imide groups is 1. The summed E-state index contributed by atoms with van der Waals surface area (Å²) in [5, 5.41) is 8.88. The Morgan fingerprint density at radius 2 is 1.88 bits per heavy atom. The summed E-state index contributed by atoms with van der Waals surface area (Å²) in [4.78, 5) is 37.9. The van der Waals surface area contributed by atoms with Gasteiger partial charge in [-0.3, -0.25) is 14.5 Å². The predicted octanol–water partition coefficient (Wildman–Crippen LogP) is 1.19. The minimum Gasteiger partial charge on any atom is -0.350 e. The van der Waals surface area contributed by atoms with Crippen molar-refractivity contribution in [2.45, 2.75) is 50.9 Å². The molecule has 0 radical (unpaired) electrons. The van der Waals surface area contributed by atoms with E-state index in [1.165, 1.54) is 11.1 Å². The summed E-state index contributed by atoms with van der Waals surface area (Å²) >= 11 is 0. The second kappa shape index (κ2) is 7.25. The fourth-order valence-corrected chi connectivity index (χ4v) is 4.00. The van der Waals surface area contributed by atoms with Gasteiger partial charge in [-0.15, -0.1) is 12.4 Å². The van der Waals surface area contributed by atoms with Crippen molar-refractivity contribution < 1.29 is 14.4 Å². The molecule has 1 aromatic carbocycles. The zero-order valence-corrected chi connectivity index (χ0v) is 15.3. The van der Waals surface area contributed by atoms with E-state index >= 15 is 0 Å². The molecule has 1 aromatic rings. The first-order valence-corrected chi connectivity index (χ1v) is 8.80. The van der Waals surface area contributed by atoms with Gasteiger partial charge in [-0.25, -0.2) is 4.79 Å². The van der Waals surface area contributed by atoms with E-state index in [0.29, 0.717) is 19.4 Å². The van der Waals surface area contributed by atoms with Gasteiger partial charge in [0.15, 0.2) is 0 Å². The Hall–Kier alpha value is -2.12. The number of nitrogens with zero attached hydrogens (tertiary/aromatic N) is 1. The highest BCUT2D eigenvalue weighted by Gasteiger charge is 2.52. The van der Waals surface area contributed by atoms with Crippen LogP contribution in [0.1, 0.15) is 42.4 Å². The summed E-state index contributed by atoms with van der Waals surface area (Å²) in [6.07, 6.45) is 3.19. The molecule has 1 saturated heterocycles. The van der Waals surface area contributed by atoms with E-state index in [0.717, 1.165) is 36.4 Å². The number of rotatable bonds is 4. The largest absolute Gasteiger partial charge is 0.350 e. The van der Waals surface area contributed by atoms with Crippen molar-refractivity contribution in [3.05, 3.63) is 34.9 Å². The van der Waals surface area contributed by atoms with Crippen molar-refractivity contribution >= 4 is 30.3 Å². The van der Waals surface area contributed by atoms with Crippen LogP contribution >= 0.6 is 12.4 Å². The molecule has 3 N–H and O–H groups in total. The number of fused-ring (bicyclic) bond motifs is 1. The Balaban J connectivity index is 0.00000196. The molecule has 4 rings (SSSR count). The predicted molar refractivity (Wildman–Crippen MR) is 97.5 cm³/mol. The van der Waals surface area contributed by atoms with E-state index < -0.39 is 11.6 Å². The Morgan fingerprint density at radius 1 is 1.15 bits per heavy atom. The number of hydrogen-bond acceptors (Lipinski definition) is 4. The molecule has 2 fully saturated rings. The number of urea groups is 1. The zero-order valence-electron chi connectivity index (χ0n) is 14.5. The van der Waals surface area contributed by atoms with E-state index in [1.807, 2.05) is 6.07 Å². The molecule has 1 aliphatic carbocycles. The maximum atomic E-state index is 12.5. The number of carbonyl (C=O) groups is 3. The Bertz CT molecular complexity index is 746. The second-order valence-corrected chi connectivity index (χ2v) is 7.09. The van der Waals surface area contributed by atoms with Crippen LogP contribution in [-0.2, 0) is 29.2 Å². The fourth-order valence-electron chi connectivity index (χ4n) is 4.00. The van der Waals surface area contributed by atoms with E-state index in [1.54, 1.807) is 0 Å². The van der Waals surface area contributed by atoms with Gasteiger partial charge in [-0.1, -0.05) is 31.0 Å². The average Bonchev–Trinajstić information content (AvgIpc) is 3.30. The van der Waals surface area contributed by atoms with Crippen LogP contribution in [0.15, 0.2) is 18.2 Å². The number of halogens is 1. The summed E-state index contributed by atoms with van der Waals surface area (Å²) in [6, 6.07) is 5.69. The maximum Gasteiger partial charge on any atom is 0.325 e. The summed E-state index contributed by atoms with van der Waals surface area (Å²) < 4.78 is 0. The smallest absolute Gasteiger partial charge is 0.325 e. The van der Waals surface area contributed by atoms with Gasteiger partial charge in [0.05, 0.1) is 0 Å². The van der Waals surface area contributed by atoms with Gasteiger partial charge in [0.1, 0.15) is 12.1 Å². The van der Waals surface area contributed by atoms with Gasteiger partial charge in [0, 0.05) is 19.6 Å². The van der Waals surface area contributed by atoms with Crippen molar-refractivity contribution in [1.82, 2.24) is 20.9 Å². The topological polar surface area (TPSA) is 90.5 Å². The first-order valence-electron chi connectivity index (χ1n) is 8.80. The molecule has 0 atom stereocenters. The standard InChI is InChI=1S/C18H22N4O3.ClH/c23-15(20-8-12-3-4-13-9-19-10-14(13)7-12)11-22-16(24)18(21-17(22)25)5-1-2-6-18;/h3-4,7,19H,1-2,5-6,8-11H2,(H,20,23)(H,21,25);1H. The van der Waals surface area contributed by atoms with Crippen molar-refractivity contribution in [2.24, 2.45) is 0 Å². The first-order chi connectivity index (χ1) is 12.1. The summed E-state index contributed by atoms with van der Waals surface area (Å²) in [6.45, 7) is 1.90. The lowest BCUT2D eigenvalue weighted by Gasteiger charge is -2.19. The van der Waals surface area contributed by atoms with E-state index in [9.17, 15) is 14.4 Å². The van der Waals surface area contributed by atoms with Crippen LogP contribution in [0.2, 0.25) is 0 Å². The molecule has 1 spiro atoms. The Labute approximate surface area is 158 Å². The van der Waals surface area contributed by atoms with Gasteiger partial charge in [0.25, 0.3) is 5.91 Å². The molecule has 0 bridgehead atoms. The molecule has 3 aliphatic rings. The van der Waals surface area contributed by atoms with Gasteiger partial charge in [0.2, 0.25) is 5.91 Å². The molecule has 26 heavy (non-hydrogen) atoms. The molecule has 4 amide bonds. The van der Waals surface area contributed by atoms with Crippen LogP contribution in [0.25, 0.3) is 0 Å². The van der Waals surface area contributed by atoms with Crippen LogP contribution in [0.4, 0.5) is 4.79 Å². The monoisotopic (exact) mass is 378 g/mol. The number of hydrogen-bond donors (Lipinski definition) is 3. The summed E-state index contributed by atoms with van der Waals surface area (Å²) in [5.41, 5.74) is 2.80. The van der Waals surface area contributed by atoms with Gasteiger partial charge in [-0.2, -0.15) is 0 Å². The van der Waals surface area contributed by atoms with Crippen molar-refractivity contribution in [2.75, 3.05) is 6.54 Å². The van der Waals surface area contributed by atoms with Crippen LogP contribution < -0.4 is 16.0 Å². The first kappa shape index (κ1) is 18.7. The van der Waals surface area contributed by atoms with Crippen LogP contribution in [0, 0.1) is 0 Å². The van der Waals surface area contributed by atoms with Crippen LogP contribution in [0.5, 0.6) is 0 Å². The number of benzene rings is 1. The van der Waals surface area contributed by atoms with Crippen molar-refractivity contribution in [3.8, 4) is 0 Å². The lowest BCUT2D eigenvalue weighted by molar-refractivity contribution is -0.134. The second-order valence-electron chi connectivity index (χ2n) is 7.09. The Morgan fingerprint density at radius 3 is 2.65 bits per heavy atom. The zero-order chi connectivity index (χ0) is 17.4. The normalized spacial score (nSPS) is 20.1. The summed E-state index contributed by atoms with van der Waals surface area (Å²) in [5.74, 6) is -0.578. The highest BCUT2D eigenvalue weighted by atomic mass is 35.5. The fraction of sp³-hybridized carbons (Fsp3) is 0.500. The third kappa shape index (κ3) is 3.29. The Kier molecular flexibility index (Phi) is 5.20. The van der Waals surface area contributed by atoms with Gasteiger partial charge >= 0.3 is 6.03 Å². The molecule has 140 valence electrons. The number of nitrogens with one attached hydrogen (secondary N) is 3. The van der Waals surface area contributed by atoms with E-state index in [2.05, 4.69) is 28.1 Å². The highest BCUT2D eigenvalue weighted by Crippen LogP contribution is 2.34. The number of amides is 4. The van der Waals surface area contributed by atoms with Gasteiger partial charge in [-0.05, 0) is 29.5 Å². The quantitative estimate of drug-likeness (QED) is 0.686. The van der Waals surface area contributed by atoms with Crippen molar-refractivity contribution in [1.29, 1.82) is 0 Å². The van der Waals surface area contributed by atoms with E-state index in [-0.39, 0.29) is 30.8 Å². The lowest BCUT2D eigenvalue weighted by atomic mass is 9.98. The maximum absolute atomic E-state index is 12.5. The van der Waals surface area contributed by atoms with Gasteiger partial charge < -0.3 is 16.0 Å². The minimum absolute atomic E-state index is 0. The third-order valence-electron chi connectivity index (χ3n) is 5.40. The van der Waals surface area contributed by atoms with Crippen molar-refractivity contribution in [3.63, 3.8) is 0 Å². The molecular formula is C18H23ClN4O3. The third-order valence-corrected chi connectivity index (χ3v) is 5.40. The molecule has 0 unspecified atom stereocenters. The molecule has 1 saturated carbocycles. The van der Waals surface area contributed by atoms with Crippen LogP contribution in [0.3, 0.4) is 0 Å². The molecule has 2 aliphatic heterocycles. The molecular weight excluding hydrogens is 356 g/mol. The molecule has 8 heteroatoms. The number of carbonyl (C=O) groups excluding carboxylic acids is 3. The minimum atomic E-state index is -0.760. The lowest BCUT2D eigenvalue weighted by Crippen LogP contribution is -2.45. The highest BCUT2D eigenvalue weighted by molar-refractivity contribution is 6.09. The SMILES string of the molecule is Cl.O=C(CN1C(=O)NC2(CCCC2)C1=O)NCc1ccc2c(c1)CNC2. The molecule has 0 aromatic heterocycles. The van der Waals surface area contributed by atoms with Crippen LogP contribution in [-0.4, -0.2) is 34.8 Å². The summed E-state index contributed by atoms with van der Waals surface area (Å²) in [7, 11) is 0. The molecule has 2 heterocycles. The molecule has 7 nitrogen and oxygen atoms in total. The van der Waals surface area contributed by atoms with E-state index in [4.69, 9.17) is 0 Å². The average molecular weight is 379 g/mol.